The van der Waals surface area contributed by atoms with Crippen LogP contribution in [0.25, 0.3) is 10.9 Å². The number of aliphatic imine (C=N–C) groups is 1. The Morgan fingerprint density at radius 1 is 1.00 bits per heavy atom. The second-order valence-electron chi connectivity index (χ2n) is 7.62. The number of rotatable bonds is 6. The van der Waals surface area contributed by atoms with Gasteiger partial charge in [0.15, 0.2) is 17.7 Å². The molecule has 176 valence electrons. The lowest BCUT2D eigenvalue weighted by Gasteiger charge is -2.36. The third kappa shape index (κ3) is 4.88. The molecule has 1 fully saturated rings. The lowest BCUT2D eigenvalue weighted by atomic mass is 10.2. The maximum Gasteiger partial charge on any atom is 0.207 e. The molecular formula is C24H27N7O3. The van der Waals surface area contributed by atoms with Crippen LogP contribution in [0.4, 0.5) is 5.82 Å². The molecular weight excluding hydrogens is 434 g/mol. The summed E-state index contributed by atoms with van der Waals surface area (Å²) in [6, 6.07) is 11.5. The summed E-state index contributed by atoms with van der Waals surface area (Å²) in [5.74, 6) is 3.47. The van der Waals surface area contributed by atoms with Crippen LogP contribution in [0.2, 0.25) is 0 Å². The minimum Gasteiger partial charge on any atom is -0.497 e. The number of anilines is 1. The maximum atomic E-state index is 9.24. The predicted octanol–water partition coefficient (Wildman–Crippen LogP) is 2.40. The zero-order valence-corrected chi connectivity index (χ0v) is 19.5. The molecule has 2 heterocycles. The molecule has 34 heavy (non-hydrogen) atoms. The first-order valence-electron chi connectivity index (χ1n) is 10.9. The largest absolute Gasteiger partial charge is 0.497 e. The number of methoxy groups -OCH3 is 3. The topological polar surface area (TPSA) is 108 Å². The summed E-state index contributed by atoms with van der Waals surface area (Å²) in [4.78, 5) is 17.9. The molecule has 1 aliphatic heterocycles. The molecule has 4 rings (SSSR count). The van der Waals surface area contributed by atoms with Crippen molar-refractivity contribution in [3.05, 3.63) is 48.3 Å². The SMILES string of the molecule is COc1ccc(CN=C(NC#N)N2CCN(c3ncnc4cc(OC)c(OC)cc34)CC2)cc1. The van der Waals surface area contributed by atoms with E-state index in [1.807, 2.05) is 42.6 Å². The Balaban J connectivity index is 1.49. The molecule has 3 aromatic rings. The van der Waals surface area contributed by atoms with Crippen LogP contribution in [-0.4, -0.2) is 68.3 Å². The number of nitriles is 1. The molecule has 0 radical (unpaired) electrons. The molecule has 1 saturated heterocycles. The first-order chi connectivity index (χ1) is 16.7. The predicted molar refractivity (Wildman–Crippen MR) is 129 cm³/mol. The fourth-order valence-corrected chi connectivity index (χ4v) is 3.92. The summed E-state index contributed by atoms with van der Waals surface area (Å²) in [6.45, 7) is 3.28. The average Bonchev–Trinajstić information content (AvgIpc) is 2.90. The molecule has 0 atom stereocenters. The molecule has 2 aromatic carbocycles. The van der Waals surface area contributed by atoms with Crippen molar-refractivity contribution in [2.24, 2.45) is 4.99 Å². The van der Waals surface area contributed by atoms with Crippen LogP contribution in [0, 0.1) is 11.5 Å². The normalized spacial score (nSPS) is 14.0. The fourth-order valence-electron chi connectivity index (χ4n) is 3.92. The number of hydrogen-bond acceptors (Lipinski definition) is 8. The summed E-state index contributed by atoms with van der Waals surface area (Å²) in [7, 11) is 4.86. The van der Waals surface area contributed by atoms with Gasteiger partial charge in [-0.1, -0.05) is 12.1 Å². The van der Waals surface area contributed by atoms with Crippen LogP contribution >= 0.6 is 0 Å². The van der Waals surface area contributed by atoms with Crippen molar-refractivity contribution in [3.63, 3.8) is 0 Å². The van der Waals surface area contributed by atoms with E-state index in [0.29, 0.717) is 37.1 Å². The van der Waals surface area contributed by atoms with E-state index < -0.39 is 0 Å². The highest BCUT2D eigenvalue weighted by molar-refractivity contribution is 5.92. The van der Waals surface area contributed by atoms with Gasteiger partial charge in [0.1, 0.15) is 17.9 Å². The Hall–Kier alpha value is -4.26. The second-order valence-corrected chi connectivity index (χ2v) is 7.62. The number of aromatic nitrogens is 2. The smallest absolute Gasteiger partial charge is 0.207 e. The van der Waals surface area contributed by atoms with E-state index in [1.54, 1.807) is 27.7 Å². The first-order valence-corrected chi connectivity index (χ1v) is 10.9. The summed E-state index contributed by atoms with van der Waals surface area (Å²) >= 11 is 0. The van der Waals surface area contributed by atoms with E-state index >= 15 is 0 Å². The Morgan fingerprint density at radius 2 is 1.71 bits per heavy atom. The molecule has 0 amide bonds. The number of fused-ring (bicyclic) bond motifs is 1. The molecule has 10 heteroatoms. The zero-order chi connectivity index (χ0) is 23.9. The summed E-state index contributed by atoms with van der Waals surface area (Å²) in [6.07, 6.45) is 3.57. The van der Waals surface area contributed by atoms with E-state index in [1.165, 1.54) is 0 Å². The Kier molecular flexibility index (Phi) is 7.13. The van der Waals surface area contributed by atoms with Crippen LogP contribution < -0.4 is 24.4 Å². The van der Waals surface area contributed by atoms with Crippen molar-refractivity contribution in [3.8, 4) is 23.4 Å². The lowest BCUT2D eigenvalue weighted by molar-refractivity contribution is 0.355. The van der Waals surface area contributed by atoms with Crippen molar-refractivity contribution >= 4 is 22.7 Å². The van der Waals surface area contributed by atoms with E-state index in [4.69, 9.17) is 14.2 Å². The number of benzene rings is 2. The second kappa shape index (κ2) is 10.6. The van der Waals surface area contributed by atoms with Crippen molar-refractivity contribution in [2.45, 2.75) is 6.54 Å². The van der Waals surface area contributed by atoms with Gasteiger partial charge in [0.2, 0.25) is 5.96 Å². The van der Waals surface area contributed by atoms with Gasteiger partial charge in [0.05, 0.1) is 33.4 Å². The van der Waals surface area contributed by atoms with Crippen LogP contribution in [0.5, 0.6) is 17.2 Å². The number of guanidine groups is 1. The summed E-state index contributed by atoms with van der Waals surface area (Å²) in [5.41, 5.74) is 1.83. The zero-order valence-electron chi connectivity index (χ0n) is 19.5. The van der Waals surface area contributed by atoms with Gasteiger partial charge in [0, 0.05) is 37.6 Å². The average molecular weight is 462 g/mol. The fraction of sp³-hybridized carbons (Fsp3) is 0.333. The van der Waals surface area contributed by atoms with Gasteiger partial charge in [-0.25, -0.2) is 15.0 Å². The Labute approximate surface area is 198 Å². The number of nitrogens with zero attached hydrogens (tertiary/aromatic N) is 6. The van der Waals surface area contributed by atoms with Gasteiger partial charge in [-0.05, 0) is 23.8 Å². The Morgan fingerprint density at radius 3 is 2.35 bits per heavy atom. The van der Waals surface area contributed by atoms with E-state index in [9.17, 15) is 5.26 Å². The monoisotopic (exact) mass is 461 g/mol. The highest BCUT2D eigenvalue weighted by atomic mass is 16.5. The van der Waals surface area contributed by atoms with Gasteiger partial charge >= 0.3 is 0 Å². The Bertz CT molecular complexity index is 1200. The standard InChI is InChI=1S/C24H27N7O3/c1-32-18-6-4-17(5-7-18)14-26-24(27-15-25)31-10-8-30(9-11-31)23-19-12-21(33-2)22(34-3)13-20(19)28-16-29-23/h4-7,12-13,16H,8-11,14H2,1-3H3,(H,26,27). The van der Waals surface area contributed by atoms with Crippen molar-refractivity contribution in [1.29, 1.82) is 5.26 Å². The molecule has 0 bridgehead atoms. The molecule has 10 nitrogen and oxygen atoms in total. The third-order valence-corrected chi connectivity index (χ3v) is 5.74. The molecule has 1 aromatic heterocycles. The molecule has 1 aliphatic rings. The van der Waals surface area contributed by atoms with Crippen molar-refractivity contribution in [1.82, 2.24) is 20.2 Å². The van der Waals surface area contributed by atoms with Gasteiger partial charge in [0.25, 0.3) is 0 Å². The van der Waals surface area contributed by atoms with E-state index in [-0.39, 0.29) is 0 Å². The van der Waals surface area contributed by atoms with Crippen molar-refractivity contribution in [2.75, 3.05) is 52.4 Å². The van der Waals surface area contributed by atoms with Crippen LogP contribution in [0.3, 0.4) is 0 Å². The molecule has 0 spiro atoms. The molecule has 0 saturated carbocycles. The van der Waals surface area contributed by atoms with Crippen LogP contribution in [0.15, 0.2) is 47.7 Å². The van der Waals surface area contributed by atoms with Crippen LogP contribution in [0.1, 0.15) is 5.56 Å². The van der Waals surface area contributed by atoms with E-state index in [0.717, 1.165) is 41.1 Å². The minimum atomic E-state index is 0.465. The molecule has 1 N–H and O–H groups in total. The first kappa shape index (κ1) is 22.9. The summed E-state index contributed by atoms with van der Waals surface area (Å²) < 4.78 is 16.1. The van der Waals surface area contributed by atoms with Crippen molar-refractivity contribution < 1.29 is 14.2 Å². The number of ether oxygens (including phenoxy) is 3. The highest BCUT2D eigenvalue weighted by Crippen LogP contribution is 2.34. The van der Waals surface area contributed by atoms with Gasteiger partial charge < -0.3 is 24.0 Å². The van der Waals surface area contributed by atoms with E-state index in [2.05, 4.69) is 30.1 Å². The maximum absolute atomic E-state index is 9.24. The summed E-state index contributed by atoms with van der Waals surface area (Å²) in [5, 5.41) is 12.9. The highest BCUT2D eigenvalue weighted by Gasteiger charge is 2.23. The third-order valence-electron chi connectivity index (χ3n) is 5.74. The molecule has 0 unspecified atom stereocenters. The quantitative estimate of drug-likeness (QED) is 0.256. The molecule has 0 aliphatic carbocycles. The minimum absolute atomic E-state index is 0.465. The number of piperazine rings is 1. The van der Waals surface area contributed by atoms with Crippen LogP contribution in [-0.2, 0) is 6.54 Å². The lowest BCUT2D eigenvalue weighted by Crippen LogP contribution is -2.52. The van der Waals surface area contributed by atoms with Gasteiger partial charge in [-0.15, -0.1) is 0 Å². The number of nitrogens with one attached hydrogen (secondary N) is 1. The van der Waals surface area contributed by atoms with Gasteiger partial charge in [-0.2, -0.15) is 5.26 Å². The number of hydrogen-bond donors (Lipinski definition) is 1. The van der Waals surface area contributed by atoms with Gasteiger partial charge in [-0.3, -0.25) is 5.32 Å².